The molecule has 1 N–H and O–H groups in total. The van der Waals surface area contributed by atoms with Crippen molar-refractivity contribution in [3.05, 3.63) is 50.7 Å². The minimum absolute atomic E-state index is 0.262. The highest BCUT2D eigenvalue weighted by atomic mass is 79.9. The van der Waals surface area contributed by atoms with Crippen molar-refractivity contribution in [2.75, 3.05) is 6.54 Å². The van der Waals surface area contributed by atoms with Crippen LogP contribution in [0, 0.1) is 0 Å². The second-order valence-electron chi connectivity index (χ2n) is 4.63. The highest BCUT2D eigenvalue weighted by molar-refractivity contribution is 9.10. The molecule has 5 heteroatoms. The van der Waals surface area contributed by atoms with Crippen molar-refractivity contribution in [2.45, 2.75) is 32.9 Å². The molecule has 3 nitrogen and oxygen atoms in total. The Morgan fingerprint density at radius 1 is 1.20 bits per heavy atom. The third-order valence-corrected chi connectivity index (χ3v) is 4.41. The predicted octanol–water partition coefficient (Wildman–Crippen LogP) is 4.32. The molecule has 1 atom stereocenters. The van der Waals surface area contributed by atoms with Gasteiger partial charge in [0.15, 0.2) is 0 Å². The molecule has 0 spiro atoms. The first-order valence-corrected chi connectivity index (χ1v) is 8.43. The fourth-order valence-corrected chi connectivity index (χ4v) is 3.18. The first-order valence-electron chi connectivity index (χ1n) is 6.84. The number of rotatable bonds is 6. The summed E-state index contributed by atoms with van der Waals surface area (Å²) in [5.74, 6) is 0. The van der Waals surface area contributed by atoms with Crippen LogP contribution in [0.15, 0.2) is 39.4 Å². The molecule has 0 bridgehead atoms. The molecule has 0 aliphatic heterocycles. The number of nitrogens with zero attached hydrogens (tertiary/aromatic N) is 2. The lowest BCUT2D eigenvalue weighted by atomic mass is 10.0. The van der Waals surface area contributed by atoms with E-state index >= 15 is 0 Å². The molecule has 1 aromatic carbocycles. The van der Waals surface area contributed by atoms with E-state index in [1.807, 2.05) is 6.20 Å². The average molecular weight is 401 g/mol. The van der Waals surface area contributed by atoms with Crippen molar-refractivity contribution in [1.29, 1.82) is 0 Å². The molecule has 0 saturated heterocycles. The van der Waals surface area contributed by atoms with Gasteiger partial charge in [-0.1, -0.05) is 35.0 Å². The molecular formula is C15H19Br2N3. The topological polar surface area (TPSA) is 29.9 Å². The molecule has 0 saturated carbocycles. The van der Waals surface area contributed by atoms with E-state index in [2.05, 4.69) is 85.1 Å². The van der Waals surface area contributed by atoms with Crippen LogP contribution >= 0.6 is 31.9 Å². The maximum absolute atomic E-state index is 4.42. The monoisotopic (exact) mass is 399 g/mol. The summed E-state index contributed by atoms with van der Waals surface area (Å²) in [6.07, 6.45) is 2.83. The highest BCUT2D eigenvalue weighted by Gasteiger charge is 2.19. The van der Waals surface area contributed by atoms with Crippen LogP contribution in [0.1, 0.15) is 31.1 Å². The molecule has 0 aliphatic carbocycles. The van der Waals surface area contributed by atoms with Gasteiger partial charge in [-0.05, 0) is 53.5 Å². The smallest absolute Gasteiger partial charge is 0.0698 e. The average Bonchev–Trinajstić information content (AvgIpc) is 2.82. The quantitative estimate of drug-likeness (QED) is 0.782. The summed E-state index contributed by atoms with van der Waals surface area (Å²) in [6, 6.07) is 8.76. The van der Waals surface area contributed by atoms with Crippen LogP contribution in [0.3, 0.4) is 0 Å². The second kappa shape index (κ2) is 7.38. The Morgan fingerprint density at radius 2 is 1.90 bits per heavy atom. The molecule has 1 aromatic heterocycles. The van der Waals surface area contributed by atoms with E-state index in [9.17, 15) is 0 Å². The number of benzene rings is 1. The zero-order chi connectivity index (χ0) is 14.5. The van der Waals surface area contributed by atoms with E-state index in [1.54, 1.807) is 0 Å². The van der Waals surface area contributed by atoms with Crippen LogP contribution in [0.25, 0.3) is 0 Å². The Morgan fingerprint density at radius 3 is 2.50 bits per heavy atom. The van der Waals surface area contributed by atoms with Gasteiger partial charge in [-0.2, -0.15) is 5.10 Å². The van der Waals surface area contributed by atoms with E-state index < -0.39 is 0 Å². The molecule has 108 valence electrons. The molecule has 1 unspecified atom stereocenters. The number of aryl methyl sites for hydroxylation is 1. The number of halogens is 2. The number of hydrogen-bond acceptors (Lipinski definition) is 2. The summed E-state index contributed by atoms with van der Waals surface area (Å²) in [5.41, 5.74) is 2.53. The first kappa shape index (κ1) is 15.7. The van der Waals surface area contributed by atoms with Gasteiger partial charge in [0.1, 0.15) is 0 Å². The lowest BCUT2D eigenvalue weighted by Crippen LogP contribution is -2.26. The second-order valence-corrected chi connectivity index (χ2v) is 6.40. The Balaban J connectivity index is 2.26. The van der Waals surface area contributed by atoms with Crippen molar-refractivity contribution < 1.29 is 0 Å². The number of likely N-dealkylation sites (N-methyl/N-ethyl adjacent to an activating group) is 1. The standard InChI is InChI=1S/C15H19Br2N3/c1-3-18-14(9-11-5-7-12(16)8-6-11)15-13(17)10-19-20(15)4-2/h5-8,10,14,18H,3-4,9H2,1-2H3. The minimum Gasteiger partial charge on any atom is -0.309 e. The molecule has 20 heavy (non-hydrogen) atoms. The van der Waals surface area contributed by atoms with Gasteiger partial charge >= 0.3 is 0 Å². The van der Waals surface area contributed by atoms with E-state index in [4.69, 9.17) is 0 Å². The summed E-state index contributed by atoms with van der Waals surface area (Å²) in [5, 5.41) is 7.98. The molecular weight excluding hydrogens is 382 g/mol. The van der Waals surface area contributed by atoms with E-state index in [0.29, 0.717) is 0 Å². The third-order valence-electron chi connectivity index (χ3n) is 3.27. The van der Waals surface area contributed by atoms with Gasteiger partial charge in [-0.15, -0.1) is 0 Å². The van der Waals surface area contributed by atoms with Crippen molar-refractivity contribution in [3.8, 4) is 0 Å². The number of hydrogen-bond donors (Lipinski definition) is 1. The highest BCUT2D eigenvalue weighted by Crippen LogP contribution is 2.26. The van der Waals surface area contributed by atoms with Gasteiger partial charge < -0.3 is 5.32 Å². The van der Waals surface area contributed by atoms with Gasteiger partial charge in [0.2, 0.25) is 0 Å². The summed E-state index contributed by atoms with van der Waals surface area (Å²) in [6.45, 7) is 6.06. The van der Waals surface area contributed by atoms with E-state index in [-0.39, 0.29) is 6.04 Å². The Bertz CT molecular complexity index is 549. The molecule has 2 rings (SSSR count). The summed E-state index contributed by atoms with van der Waals surface area (Å²) < 4.78 is 4.24. The van der Waals surface area contributed by atoms with Crippen molar-refractivity contribution in [2.24, 2.45) is 0 Å². The zero-order valence-corrected chi connectivity index (χ0v) is 14.9. The summed E-state index contributed by atoms with van der Waals surface area (Å²) in [4.78, 5) is 0. The summed E-state index contributed by atoms with van der Waals surface area (Å²) >= 11 is 7.10. The van der Waals surface area contributed by atoms with E-state index in [0.717, 1.165) is 28.5 Å². The largest absolute Gasteiger partial charge is 0.309 e. The van der Waals surface area contributed by atoms with Gasteiger partial charge in [0, 0.05) is 11.0 Å². The fourth-order valence-electron chi connectivity index (χ4n) is 2.34. The molecule has 0 aliphatic rings. The van der Waals surface area contributed by atoms with Crippen LogP contribution < -0.4 is 5.32 Å². The maximum atomic E-state index is 4.42. The van der Waals surface area contributed by atoms with Crippen LogP contribution in [0.2, 0.25) is 0 Å². The first-order chi connectivity index (χ1) is 9.65. The lowest BCUT2D eigenvalue weighted by molar-refractivity contribution is 0.488. The lowest BCUT2D eigenvalue weighted by Gasteiger charge is -2.20. The number of aromatic nitrogens is 2. The zero-order valence-electron chi connectivity index (χ0n) is 11.7. The Labute approximate surface area is 137 Å². The molecule has 1 heterocycles. The molecule has 0 fully saturated rings. The van der Waals surface area contributed by atoms with Crippen molar-refractivity contribution in [1.82, 2.24) is 15.1 Å². The molecule has 2 aromatic rings. The van der Waals surface area contributed by atoms with Gasteiger partial charge in [0.25, 0.3) is 0 Å². The van der Waals surface area contributed by atoms with Crippen LogP contribution in [-0.2, 0) is 13.0 Å². The SMILES string of the molecule is CCNC(Cc1ccc(Br)cc1)c1c(Br)cnn1CC. The van der Waals surface area contributed by atoms with E-state index in [1.165, 1.54) is 11.3 Å². The van der Waals surface area contributed by atoms with Crippen molar-refractivity contribution >= 4 is 31.9 Å². The van der Waals surface area contributed by atoms with Gasteiger partial charge in [0.05, 0.1) is 22.4 Å². The Hall–Kier alpha value is -0.650. The van der Waals surface area contributed by atoms with Crippen LogP contribution in [-0.4, -0.2) is 16.3 Å². The maximum Gasteiger partial charge on any atom is 0.0698 e. The molecule has 0 amide bonds. The predicted molar refractivity (Wildman–Crippen MR) is 89.9 cm³/mol. The fraction of sp³-hybridized carbons (Fsp3) is 0.400. The van der Waals surface area contributed by atoms with Gasteiger partial charge in [-0.25, -0.2) is 0 Å². The van der Waals surface area contributed by atoms with Crippen LogP contribution in [0.5, 0.6) is 0 Å². The number of nitrogens with one attached hydrogen (secondary N) is 1. The minimum atomic E-state index is 0.262. The Kier molecular flexibility index (Phi) is 5.81. The van der Waals surface area contributed by atoms with Crippen LogP contribution in [0.4, 0.5) is 0 Å². The third kappa shape index (κ3) is 3.71. The van der Waals surface area contributed by atoms with Gasteiger partial charge in [-0.3, -0.25) is 4.68 Å². The normalized spacial score (nSPS) is 12.6. The van der Waals surface area contributed by atoms with Crippen molar-refractivity contribution in [3.63, 3.8) is 0 Å². The summed E-state index contributed by atoms with van der Waals surface area (Å²) in [7, 11) is 0. The molecule has 0 radical (unpaired) electrons.